The average Bonchev–Trinajstić information content (AvgIpc) is 2.41. The Morgan fingerprint density at radius 3 is 1.95 bits per heavy atom. The minimum atomic E-state index is -0.533. The van der Waals surface area contributed by atoms with Crippen molar-refractivity contribution < 1.29 is 19.1 Å². The number of rotatable bonds is 9. The van der Waals surface area contributed by atoms with Gasteiger partial charge in [0.25, 0.3) is 0 Å². The van der Waals surface area contributed by atoms with Crippen LogP contribution in [-0.4, -0.2) is 69.6 Å². The average molecular weight is 312 g/mol. The van der Waals surface area contributed by atoms with Crippen LogP contribution in [0.2, 0.25) is 0 Å². The quantitative estimate of drug-likeness (QED) is 0.365. The molecule has 0 aromatic heterocycles. The van der Waals surface area contributed by atoms with Gasteiger partial charge in [-0.05, 0) is 42.0 Å². The zero-order valence-corrected chi connectivity index (χ0v) is 14.6. The van der Waals surface area contributed by atoms with Crippen LogP contribution in [0.25, 0.3) is 0 Å². The number of esters is 2. The first-order chi connectivity index (χ1) is 10.1. The zero-order chi connectivity index (χ0) is 17.3. The van der Waals surface area contributed by atoms with Gasteiger partial charge in [0.05, 0.1) is 5.57 Å². The zero-order valence-electron chi connectivity index (χ0n) is 14.6. The summed E-state index contributed by atoms with van der Waals surface area (Å²) in [4.78, 5) is 27.6. The Hall–Kier alpha value is -1.66. The second-order valence-electron chi connectivity index (χ2n) is 5.71. The molecule has 6 nitrogen and oxygen atoms in total. The lowest BCUT2D eigenvalue weighted by Crippen LogP contribution is -2.22. The number of hydrogen-bond acceptors (Lipinski definition) is 6. The predicted octanol–water partition coefficient (Wildman–Crippen LogP) is 1.44. The molecule has 0 radical (unpaired) electrons. The van der Waals surface area contributed by atoms with E-state index in [2.05, 4.69) is 6.58 Å². The molecule has 0 spiro atoms. The molecular formula is C16H28N2O4. The lowest BCUT2D eigenvalue weighted by molar-refractivity contribution is -0.140. The second kappa shape index (κ2) is 10.1. The molecule has 0 amide bonds. The van der Waals surface area contributed by atoms with Crippen molar-refractivity contribution in [2.45, 2.75) is 20.3 Å². The largest absolute Gasteiger partial charge is 0.461 e. The van der Waals surface area contributed by atoms with Gasteiger partial charge in [-0.15, -0.1) is 0 Å². The van der Waals surface area contributed by atoms with E-state index in [1.807, 2.05) is 38.0 Å². The lowest BCUT2D eigenvalue weighted by atomic mass is 10.2. The lowest BCUT2D eigenvalue weighted by Gasteiger charge is -2.16. The number of hydrogen-bond donors (Lipinski definition) is 0. The normalized spacial score (nSPS) is 12.2. The van der Waals surface area contributed by atoms with E-state index in [-0.39, 0.29) is 5.57 Å². The summed E-state index contributed by atoms with van der Waals surface area (Å²) in [5.41, 5.74) is 0.603. The SMILES string of the molecule is C=C(C)C(=O)OC(CCN(C)C)=C(C)C(=O)OCCN(C)C. The molecule has 0 rings (SSSR count). The number of ether oxygens (including phenoxy) is 2. The summed E-state index contributed by atoms with van der Waals surface area (Å²) in [6.07, 6.45) is 0.445. The van der Waals surface area contributed by atoms with Crippen molar-refractivity contribution in [2.24, 2.45) is 0 Å². The van der Waals surface area contributed by atoms with E-state index in [1.165, 1.54) is 0 Å². The van der Waals surface area contributed by atoms with Crippen molar-refractivity contribution in [3.05, 3.63) is 23.5 Å². The summed E-state index contributed by atoms with van der Waals surface area (Å²) < 4.78 is 10.5. The third kappa shape index (κ3) is 8.59. The Balaban J connectivity index is 4.94. The van der Waals surface area contributed by atoms with Gasteiger partial charge in [0.2, 0.25) is 0 Å². The maximum atomic E-state index is 12.0. The standard InChI is InChI=1S/C16H28N2O4/c1-12(2)15(19)22-14(8-9-17(4)5)13(3)16(20)21-11-10-18(6)7/h1,8-11H2,2-7H3. The van der Waals surface area contributed by atoms with Gasteiger partial charge in [-0.25, -0.2) is 9.59 Å². The highest BCUT2D eigenvalue weighted by molar-refractivity contribution is 5.91. The molecule has 126 valence electrons. The number of carbonyl (C=O) groups excluding carboxylic acids is 2. The molecule has 0 saturated carbocycles. The fraction of sp³-hybridized carbons (Fsp3) is 0.625. The van der Waals surface area contributed by atoms with Gasteiger partial charge >= 0.3 is 11.9 Å². The molecule has 0 aromatic rings. The molecule has 0 saturated heterocycles. The van der Waals surface area contributed by atoms with Gasteiger partial charge in [0.15, 0.2) is 0 Å². The summed E-state index contributed by atoms with van der Waals surface area (Å²) in [6, 6.07) is 0. The molecule has 0 aliphatic rings. The third-order valence-electron chi connectivity index (χ3n) is 2.85. The van der Waals surface area contributed by atoms with E-state index in [0.29, 0.717) is 37.4 Å². The van der Waals surface area contributed by atoms with E-state index in [0.717, 1.165) is 0 Å². The van der Waals surface area contributed by atoms with E-state index in [4.69, 9.17) is 9.47 Å². The Kier molecular flexibility index (Phi) is 9.37. The highest BCUT2D eigenvalue weighted by Gasteiger charge is 2.17. The van der Waals surface area contributed by atoms with Crippen molar-refractivity contribution >= 4 is 11.9 Å². The van der Waals surface area contributed by atoms with Crippen LogP contribution in [0.4, 0.5) is 0 Å². The maximum absolute atomic E-state index is 12.0. The first kappa shape index (κ1) is 20.3. The highest BCUT2D eigenvalue weighted by atomic mass is 16.5. The molecular weight excluding hydrogens is 284 g/mol. The minimum absolute atomic E-state index is 0.288. The van der Waals surface area contributed by atoms with E-state index >= 15 is 0 Å². The second-order valence-corrected chi connectivity index (χ2v) is 5.71. The van der Waals surface area contributed by atoms with Crippen LogP contribution >= 0.6 is 0 Å². The molecule has 0 bridgehead atoms. The molecule has 0 N–H and O–H groups in total. The highest BCUT2D eigenvalue weighted by Crippen LogP contribution is 2.14. The molecule has 0 heterocycles. The summed E-state index contributed by atoms with van der Waals surface area (Å²) in [7, 11) is 7.60. The molecule has 0 atom stereocenters. The van der Waals surface area contributed by atoms with Crippen molar-refractivity contribution in [3.8, 4) is 0 Å². The van der Waals surface area contributed by atoms with Crippen LogP contribution in [0.1, 0.15) is 20.3 Å². The summed E-state index contributed by atoms with van der Waals surface area (Å²) in [6.45, 7) is 8.30. The van der Waals surface area contributed by atoms with Crippen molar-refractivity contribution in [3.63, 3.8) is 0 Å². The van der Waals surface area contributed by atoms with E-state index < -0.39 is 11.9 Å². The molecule has 0 aliphatic heterocycles. The van der Waals surface area contributed by atoms with Crippen LogP contribution in [0.3, 0.4) is 0 Å². The summed E-state index contributed by atoms with van der Waals surface area (Å²) in [5, 5.41) is 0. The molecule has 6 heteroatoms. The van der Waals surface area contributed by atoms with E-state index in [1.54, 1.807) is 13.8 Å². The predicted molar refractivity (Wildman–Crippen MR) is 86.3 cm³/mol. The van der Waals surface area contributed by atoms with Gasteiger partial charge in [-0.1, -0.05) is 6.58 Å². The van der Waals surface area contributed by atoms with Crippen LogP contribution in [0, 0.1) is 0 Å². The van der Waals surface area contributed by atoms with Gasteiger partial charge < -0.3 is 19.3 Å². The Morgan fingerprint density at radius 1 is 0.955 bits per heavy atom. The molecule has 0 aromatic carbocycles. The Labute approximate surface area is 133 Å². The fourth-order valence-electron chi connectivity index (χ4n) is 1.38. The smallest absolute Gasteiger partial charge is 0.338 e. The molecule has 0 aliphatic carbocycles. The summed E-state index contributed by atoms with van der Waals surface area (Å²) in [5.74, 6) is -0.670. The first-order valence-electron chi connectivity index (χ1n) is 7.19. The van der Waals surface area contributed by atoms with Gasteiger partial charge in [-0.2, -0.15) is 0 Å². The monoisotopic (exact) mass is 312 g/mol. The molecule has 0 fully saturated rings. The third-order valence-corrected chi connectivity index (χ3v) is 2.85. The Bertz CT molecular complexity index is 439. The minimum Gasteiger partial charge on any atom is -0.461 e. The number of carbonyl (C=O) groups is 2. The van der Waals surface area contributed by atoms with Crippen LogP contribution in [0.15, 0.2) is 23.5 Å². The molecule has 0 unspecified atom stereocenters. The Morgan fingerprint density at radius 2 is 1.50 bits per heavy atom. The van der Waals surface area contributed by atoms with Gasteiger partial charge in [0, 0.05) is 25.1 Å². The van der Waals surface area contributed by atoms with Crippen LogP contribution < -0.4 is 0 Å². The van der Waals surface area contributed by atoms with Gasteiger partial charge in [-0.3, -0.25) is 0 Å². The fourth-order valence-corrected chi connectivity index (χ4v) is 1.38. The number of nitrogens with zero attached hydrogens (tertiary/aromatic N) is 2. The van der Waals surface area contributed by atoms with Crippen molar-refractivity contribution in [2.75, 3.05) is 47.9 Å². The van der Waals surface area contributed by atoms with Crippen LogP contribution in [-0.2, 0) is 19.1 Å². The maximum Gasteiger partial charge on any atom is 0.338 e. The van der Waals surface area contributed by atoms with E-state index in [9.17, 15) is 9.59 Å². The van der Waals surface area contributed by atoms with Crippen molar-refractivity contribution in [1.29, 1.82) is 0 Å². The van der Waals surface area contributed by atoms with Crippen molar-refractivity contribution in [1.82, 2.24) is 9.80 Å². The first-order valence-corrected chi connectivity index (χ1v) is 7.19. The number of likely N-dealkylation sites (N-methyl/N-ethyl adjacent to an activating group) is 1. The summed E-state index contributed by atoms with van der Waals surface area (Å²) >= 11 is 0. The van der Waals surface area contributed by atoms with Crippen LogP contribution in [0.5, 0.6) is 0 Å². The topological polar surface area (TPSA) is 59.1 Å². The molecule has 22 heavy (non-hydrogen) atoms. The van der Waals surface area contributed by atoms with Gasteiger partial charge in [0.1, 0.15) is 12.4 Å².